The molecule has 27 heavy (non-hydrogen) atoms. The maximum Gasteiger partial charge on any atom is 0.311 e. The third-order valence-electron chi connectivity index (χ3n) is 5.28. The highest BCUT2D eigenvalue weighted by Crippen LogP contribution is 2.29. The molecule has 0 bridgehead atoms. The predicted molar refractivity (Wildman–Crippen MR) is 105 cm³/mol. The van der Waals surface area contributed by atoms with Gasteiger partial charge in [-0.3, -0.25) is 9.59 Å². The number of hydrogen-bond donors (Lipinski definition) is 1. The lowest BCUT2D eigenvalue weighted by Crippen LogP contribution is -2.39. The van der Waals surface area contributed by atoms with Gasteiger partial charge < -0.3 is 10.1 Å². The van der Waals surface area contributed by atoms with E-state index in [-0.39, 0.29) is 24.3 Å². The summed E-state index contributed by atoms with van der Waals surface area (Å²) in [4.78, 5) is 24.7. The molecule has 0 aliphatic heterocycles. The smallest absolute Gasteiger partial charge is 0.311 e. The molecular formula is C23H27NO3. The quantitative estimate of drug-likeness (QED) is 0.816. The molecule has 1 N–H and O–H groups in total. The predicted octanol–water partition coefficient (Wildman–Crippen LogP) is 3.97. The Kier molecular flexibility index (Phi) is 5.94. The van der Waals surface area contributed by atoms with Crippen LogP contribution in [0.1, 0.15) is 53.6 Å². The first-order valence-electron chi connectivity index (χ1n) is 9.58. The third kappa shape index (κ3) is 4.76. The highest BCUT2D eigenvalue weighted by molar-refractivity contribution is 5.84. The molecule has 0 aromatic heterocycles. The molecule has 0 unspecified atom stereocenters. The van der Waals surface area contributed by atoms with E-state index in [0.717, 1.165) is 30.4 Å². The molecule has 142 valence electrons. The molecular weight excluding hydrogens is 338 g/mol. The lowest BCUT2D eigenvalue weighted by Gasteiger charge is -2.27. The average molecular weight is 365 g/mol. The van der Waals surface area contributed by atoms with Crippen molar-refractivity contribution in [1.29, 1.82) is 0 Å². The van der Waals surface area contributed by atoms with E-state index < -0.39 is 6.10 Å². The van der Waals surface area contributed by atoms with Gasteiger partial charge in [-0.2, -0.15) is 0 Å². The Morgan fingerprint density at radius 2 is 1.93 bits per heavy atom. The molecule has 4 heteroatoms. The van der Waals surface area contributed by atoms with Crippen molar-refractivity contribution < 1.29 is 14.3 Å². The standard InChI is InChI=1S/C23H27NO3/c1-15-11-12-18(13-16(15)2)14-22(25)27-17(3)23(26)24-21-10-6-8-19-7-4-5-9-20(19)21/h4-5,7,9,11-13,17,21H,6,8,10,14H2,1-3H3,(H,24,26)/t17-,21-/m0/s1. The van der Waals surface area contributed by atoms with Gasteiger partial charge in [-0.25, -0.2) is 0 Å². The molecule has 4 nitrogen and oxygen atoms in total. The van der Waals surface area contributed by atoms with Crippen LogP contribution in [-0.2, 0) is 27.2 Å². The number of amides is 1. The summed E-state index contributed by atoms with van der Waals surface area (Å²) in [5.41, 5.74) is 5.69. The number of fused-ring (bicyclic) bond motifs is 1. The summed E-state index contributed by atoms with van der Waals surface area (Å²) in [5, 5.41) is 3.04. The number of nitrogens with one attached hydrogen (secondary N) is 1. The SMILES string of the molecule is Cc1ccc(CC(=O)O[C@@H](C)C(=O)N[C@H]2CCCc3ccccc32)cc1C. The number of ether oxygens (including phenoxy) is 1. The maximum absolute atomic E-state index is 12.5. The molecule has 2 aromatic rings. The van der Waals surface area contributed by atoms with Crippen molar-refractivity contribution in [2.45, 2.75) is 58.6 Å². The molecule has 0 saturated heterocycles. The fourth-order valence-corrected chi connectivity index (χ4v) is 3.57. The molecule has 0 spiro atoms. The summed E-state index contributed by atoms with van der Waals surface area (Å²) >= 11 is 0. The second-order valence-corrected chi connectivity index (χ2v) is 7.38. The minimum absolute atomic E-state index is 0.0108. The summed E-state index contributed by atoms with van der Waals surface area (Å²) in [6, 6.07) is 14.1. The zero-order valence-electron chi connectivity index (χ0n) is 16.2. The molecule has 1 aliphatic rings. The van der Waals surface area contributed by atoms with Gasteiger partial charge in [-0.05, 0) is 67.9 Å². The fraction of sp³-hybridized carbons (Fsp3) is 0.391. The van der Waals surface area contributed by atoms with Gasteiger partial charge >= 0.3 is 5.97 Å². The van der Waals surface area contributed by atoms with E-state index in [1.807, 2.05) is 44.2 Å². The van der Waals surface area contributed by atoms with E-state index >= 15 is 0 Å². The Labute approximate surface area is 160 Å². The van der Waals surface area contributed by atoms with Crippen molar-refractivity contribution in [2.24, 2.45) is 0 Å². The van der Waals surface area contributed by atoms with E-state index in [1.54, 1.807) is 6.92 Å². The van der Waals surface area contributed by atoms with Gasteiger partial charge in [0.1, 0.15) is 0 Å². The largest absolute Gasteiger partial charge is 0.452 e. The monoisotopic (exact) mass is 365 g/mol. The second-order valence-electron chi connectivity index (χ2n) is 7.38. The topological polar surface area (TPSA) is 55.4 Å². The highest BCUT2D eigenvalue weighted by atomic mass is 16.5. The summed E-state index contributed by atoms with van der Waals surface area (Å²) in [5.74, 6) is -0.630. The van der Waals surface area contributed by atoms with Crippen molar-refractivity contribution in [3.05, 3.63) is 70.3 Å². The zero-order chi connectivity index (χ0) is 19.4. The van der Waals surface area contributed by atoms with Crippen molar-refractivity contribution in [2.75, 3.05) is 0 Å². The molecule has 0 radical (unpaired) electrons. The number of carbonyl (C=O) groups is 2. The number of hydrogen-bond acceptors (Lipinski definition) is 3. The minimum Gasteiger partial charge on any atom is -0.452 e. The Hall–Kier alpha value is -2.62. The van der Waals surface area contributed by atoms with Crippen LogP contribution in [0.25, 0.3) is 0 Å². The Morgan fingerprint density at radius 1 is 1.15 bits per heavy atom. The van der Waals surface area contributed by atoms with Crippen LogP contribution in [0, 0.1) is 13.8 Å². The van der Waals surface area contributed by atoms with Gasteiger partial charge in [0, 0.05) is 0 Å². The molecule has 3 rings (SSSR count). The van der Waals surface area contributed by atoms with Crippen LogP contribution in [-0.4, -0.2) is 18.0 Å². The first-order chi connectivity index (χ1) is 12.9. The molecule has 0 saturated carbocycles. The first-order valence-corrected chi connectivity index (χ1v) is 9.58. The molecule has 0 heterocycles. The number of benzene rings is 2. The second kappa shape index (κ2) is 8.38. The van der Waals surface area contributed by atoms with Crippen molar-refractivity contribution >= 4 is 11.9 Å². The summed E-state index contributed by atoms with van der Waals surface area (Å²) in [7, 11) is 0. The molecule has 1 amide bonds. The van der Waals surface area contributed by atoms with E-state index in [1.165, 1.54) is 16.7 Å². The number of carbonyl (C=O) groups excluding carboxylic acids is 2. The van der Waals surface area contributed by atoms with Gasteiger partial charge in [-0.15, -0.1) is 0 Å². The van der Waals surface area contributed by atoms with E-state index in [0.29, 0.717) is 0 Å². The number of rotatable bonds is 5. The molecule has 2 atom stereocenters. The van der Waals surface area contributed by atoms with Crippen LogP contribution >= 0.6 is 0 Å². The van der Waals surface area contributed by atoms with Crippen LogP contribution in [0.2, 0.25) is 0 Å². The first kappa shape index (κ1) is 19.2. The summed E-state index contributed by atoms with van der Waals surface area (Å²) in [6.45, 7) is 5.68. The van der Waals surface area contributed by atoms with E-state index in [2.05, 4.69) is 17.4 Å². The zero-order valence-corrected chi connectivity index (χ0v) is 16.2. The Bertz CT molecular complexity index is 843. The number of esters is 1. The summed E-state index contributed by atoms with van der Waals surface area (Å²) in [6.07, 6.45) is 2.36. The van der Waals surface area contributed by atoms with Crippen LogP contribution < -0.4 is 5.32 Å². The maximum atomic E-state index is 12.5. The fourth-order valence-electron chi connectivity index (χ4n) is 3.57. The molecule has 2 aromatic carbocycles. The minimum atomic E-state index is -0.807. The van der Waals surface area contributed by atoms with Gasteiger partial charge in [-0.1, -0.05) is 42.5 Å². The van der Waals surface area contributed by atoms with Gasteiger partial charge in [0.2, 0.25) is 0 Å². The average Bonchev–Trinajstić information content (AvgIpc) is 2.65. The summed E-state index contributed by atoms with van der Waals surface area (Å²) < 4.78 is 5.36. The van der Waals surface area contributed by atoms with Gasteiger partial charge in [0.05, 0.1) is 12.5 Å². The van der Waals surface area contributed by atoms with Gasteiger partial charge in [0.25, 0.3) is 5.91 Å². The Morgan fingerprint density at radius 3 is 2.70 bits per heavy atom. The van der Waals surface area contributed by atoms with Crippen LogP contribution in [0.5, 0.6) is 0 Å². The lowest BCUT2D eigenvalue weighted by molar-refractivity contribution is -0.154. The molecule has 0 fully saturated rings. The lowest BCUT2D eigenvalue weighted by atomic mass is 9.87. The molecule has 1 aliphatic carbocycles. The van der Waals surface area contributed by atoms with Crippen molar-refractivity contribution in [3.8, 4) is 0 Å². The van der Waals surface area contributed by atoms with Crippen LogP contribution in [0.15, 0.2) is 42.5 Å². The van der Waals surface area contributed by atoms with E-state index in [4.69, 9.17) is 4.74 Å². The highest BCUT2D eigenvalue weighted by Gasteiger charge is 2.25. The van der Waals surface area contributed by atoms with Crippen molar-refractivity contribution in [3.63, 3.8) is 0 Å². The van der Waals surface area contributed by atoms with Gasteiger partial charge in [0.15, 0.2) is 6.10 Å². The normalized spacial score (nSPS) is 16.9. The van der Waals surface area contributed by atoms with Crippen LogP contribution in [0.4, 0.5) is 0 Å². The number of aryl methyl sites for hydroxylation is 3. The van der Waals surface area contributed by atoms with E-state index in [9.17, 15) is 9.59 Å². The van der Waals surface area contributed by atoms with Crippen LogP contribution in [0.3, 0.4) is 0 Å². The Balaban J connectivity index is 1.56. The van der Waals surface area contributed by atoms with Crippen molar-refractivity contribution in [1.82, 2.24) is 5.32 Å². The third-order valence-corrected chi connectivity index (χ3v) is 5.28.